The molecule has 0 saturated carbocycles. The van der Waals surface area contributed by atoms with Crippen molar-refractivity contribution in [3.8, 4) is 16.8 Å². The van der Waals surface area contributed by atoms with Crippen LogP contribution in [0, 0.1) is 0 Å². The Morgan fingerprint density at radius 3 is 2.00 bits per heavy atom. The van der Waals surface area contributed by atoms with Crippen LogP contribution in [0.15, 0.2) is 42.7 Å². The molecule has 1 aromatic heterocycles. The highest BCUT2D eigenvalue weighted by atomic mass is 35.5. The zero-order valence-corrected chi connectivity index (χ0v) is 21.3. The molecule has 0 saturated heterocycles. The first kappa shape index (κ1) is 29.5. The van der Waals surface area contributed by atoms with Gasteiger partial charge in [0.25, 0.3) is 0 Å². The predicted molar refractivity (Wildman–Crippen MR) is 126 cm³/mol. The SMILES string of the molecule is O=[SH](=O)NCCCc1cc(-c2cnn(-c3c(Cl)cc(C(F)(C(F)(F)F)C(F)(F)F)cc3Cl)c2)ccc1Cl. The largest absolute Gasteiger partial charge is 0.435 e. The van der Waals surface area contributed by atoms with Gasteiger partial charge in [0.1, 0.15) is 5.69 Å². The number of aryl methyl sites for hydroxylation is 1. The second-order valence-electron chi connectivity index (χ2n) is 7.69. The van der Waals surface area contributed by atoms with E-state index in [9.17, 15) is 39.2 Å². The number of thiol groups is 1. The number of rotatable bonds is 8. The highest BCUT2D eigenvalue weighted by Crippen LogP contribution is 2.54. The van der Waals surface area contributed by atoms with Crippen molar-refractivity contribution in [2.45, 2.75) is 30.9 Å². The maximum Gasteiger partial charge on any atom is 0.435 e. The molecule has 1 heterocycles. The Hall–Kier alpha value is -2.06. The second-order valence-corrected chi connectivity index (χ2v) is 9.74. The summed E-state index contributed by atoms with van der Waals surface area (Å²) in [5.74, 6) is 0. The monoisotopic (exact) mass is 611 g/mol. The van der Waals surface area contributed by atoms with Gasteiger partial charge in [-0.25, -0.2) is 22.2 Å². The maximum absolute atomic E-state index is 14.4. The van der Waals surface area contributed by atoms with Crippen LogP contribution in [0.2, 0.25) is 15.1 Å². The first-order valence-corrected chi connectivity index (χ1v) is 12.4. The number of hydrogen-bond donors (Lipinski definition) is 2. The molecule has 0 fully saturated rings. The standard InChI is InChI=1S/C21H15Cl3F7N3O2S/c22-15-4-3-11(6-12(15)2-1-5-33-37(35)36)13-9-32-34(10-13)18-16(23)7-14(8-17(18)24)19(25,20(26,27)28)21(29,30)31/h3-4,6-10,37H,1-2,5H2,(H,33,35,36). The van der Waals surface area contributed by atoms with Crippen LogP contribution in [0.1, 0.15) is 17.5 Å². The molecule has 0 bridgehead atoms. The summed E-state index contributed by atoms with van der Waals surface area (Å²) < 4.78 is 118. The molecule has 0 amide bonds. The van der Waals surface area contributed by atoms with Crippen molar-refractivity contribution < 1.29 is 39.2 Å². The Labute approximate surface area is 222 Å². The summed E-state index contributed by atoms with van der Waals surface area (Å²) in [6.45, 7) is 0.201. The minimum absolute atomic E-state index is 0.201. The molecule has 3 aromatic rings. The van der Waals surface area contributed by atoms with E-state index >= 15 is 0 Å². The summed E-state index contributed by atoms with van der Waals surface area (Å²) >= 11 is 18.1. The predicted octanol–water partition coefficient (Wildman–Crippen LogP) is 6.84. The van der Waals surface area contributed by atoms with E-state index in [2.05, 4.69) is 9.82 Å². The Kier molecular flexibility index (Phi) is 8.74. The average molecular weight is 613 g/mol. The number of aromatic nitrogens is 2. The Morgan fingerprint density at radius 1 is 0.865 bits per heavy atom. The molecule has 3 rings (SSSR count). The van der Waals surface area contributed by atoms with E-state index in [4.69, 9.17) is 34.8 Å². The van der Waals surface area contributed by atoms with E-state index in [1.165, 1.54) is 12.4 Å². The Balaban J connectivity index is 1.95. The molecule has 2 aromatic carbocycles. The smallest absolute Gasteiger partial charge is 0.237 e. The topological polar surface area (TPSA) is 64.0 Å². The minimum Gasteiger partial charge on any atom is -0.237 e. The molecule has 37 heavy (non-hydrogen) atoms. The third-order valence-electron chi connectivity index (χ3n) is 5.25. The van der Waals surface area contributed by atoms with Crippen molar-refractivity contribution in [2.24, 2.45) is 0 Å². The fraction of sp³-hybridized carbons (Fsp3) is 0.286. The quantitative estimate of drug-likeness (QED) is 0.166. The molecule has 0 atom stereocenters. The highest BCUT2D eigenvalue weighted by molar-refractivity contribution is 7.70. The molecule has 0 spiro atoms. The van der Waals surface area contributed by atoms with Crippen LogP contribution in [-0.2, 0) is 23.0 Å². The molecule has 5 nitrogen and oxygen atoms in total. The van der Waals surface area contributed by atoms with Crippen LogP contribution < -0.4 is 4.72 Å². The van der Waals surface area contributed by atoms with E-state index in [0.29, 0.717) is 34.6 Å². The number of nitrogens with zero attached hydrogens (tertiary/aromatic N) is 2. The minimum atomic E-state index is -6.33. The fourth-order valence-corrected chi connectivity index (χ4v) is 4.67. The van der Waals surface area contributed by atoms with Gasteiger partial charge in [-0.1, -0.05) is 40.9 Å². The van der Waals surface area contributed by atoms with Crippen LogP contribution >= 0.6 is 34.8 Å². The zero-order valence-electron chi connectivity index (χ0n) is 18.1. The lowest BCUT2D eigenvalue weighted by atomic mass is 9.94. The lowest BCUT2D eigenvalue weighted by Gasteiger charge is -2.30. The highest BCUT2D eigenvalue weighted by Gasteiger charge is 2.73. The molecule has 0 aliphatic heterocycles. The van der Waals surface area contributed by atoms with Crippen molar-refractivity contribution >= 4 is 45.7 Å². The van der Waals surface area contributed by atoms with Crippen LogP contribution in [0.5, 0.6) is 0 Å². The van der Waals surface area contributed by atoms with Crippen LogP contribution in [-0.4, -0.2) is 37.1 Å². The Morgan fingerprint density at radius 2 is 1.46 bits per heavy atom. The Bertz CT molecular complexity index is 1330. The van der Waals surface area contributed by atoms with Crippen molar-refractivity contribution in [3.63, 3.8) is 0 Å². The first-order valence-electron chi connectivity index (χ1n) is 10.1. The van der Waals surface area contributed by atoms with Crippen molar-refractivity contribution in [1.29, 1.82) is 0 Å². The lowest BCUT2D eigenvalue weighted by molar-refractivity contribution is -0.348. The summed E-state index contributed by atoms with van der Waals surface area (Å²) in [6.07, 6.45) is -9.07. The number of nitrogens with one attached hydrogen (secondary N) is 1. The first-order chi connectivity index (χ1) is 17.1. The van der Waals surface area contributed by atoms with Crippen LogP contribution in [0.3, 0.4) is 0 Å². The summed E-state index contributed by atoms with van der Waals surface area (Å²) in [5.41, 5.74) is -6.04. The number of alkyl halides is 7. The van der Waals surface area contributed by atoms with E-state index < -0.39 is 44.5 Å². The third kappa shape index (κ3) is 6.17. The molecule has 16 heteroatoms. The molecule has 0 radical (unpaired) electrons. The summed E-state index contributed by atoms with van der Waals surface area (Å²) in [7, 11) is -2.72. The van der Waals surface area contributed by atoms with E-state index in [0.717, 1.165) is 4.68 Å². The van der Waals surface area contributed by atoms with Gasteiger partial charge < -0.3 is 0 Å². The van der Waals surface area contributed by atoms with Crippen LogP contribution in [0.25, 0.3) is 16.8 Å². The van der Waals surface area contributed by atoms with E-state index in [-0.39, 0.29) is 24.4 Å². The third-order valence-corrected chi connectivity index (χ3v) is 6.68. The van der Waals surface area contributed by atoms with Crippen molar-refractivity contribution in [1.82, 2.24) is 14.5 Å². The number of hydrogen-bond acceptors (Lipinski definition) is 3. The average Bonchev–Trinajstić information content (AvgIpc) is 3.24. The maximum atomic E-state index is 14.4. The molecular weight excluding hydrogens is 598 g/mol. The molecule has 0 aliphatic rings. The van der Waals surface area contributed by atoms with Crippen molar-refractivity contribution in [2.75, 3.05) is 6.54 Å². The summed E-state index contributed by atoms with van der Waals surface area (Å²) in [4.78, 5) is 0. The lowest BCUT2D eigenvalue weighted by Crippen LogP contribution is -2.50. The zero-order chi connectivity index (χ0) is 27.8. The van der Waals surface area contributed by atoms with Gasteiger partial charge in [-0.2, -0.15) is 31.4 Å². The van der Waals surface area contributed by atoms with E-state index in [1.807, 2.05) is 0 Å². The fourth-order valence-electron chi connectivity index (χ4n) is 3.46. The van der Waals surface area contributed by atoms with Crippen molar-refractivity contribution in [3.05, 3.63) is 68.9 Å². The second kappa shape index (κ2) is 11.0. The molecule has 1 N–H and O–H groups in total. The molecule has 0 aliphatic carbocycles. The summed E-state index contributed by atoms with van der Waals surface area (Å²) in [5, 5.41) is 3.04. The normalized spacial score (nSPS) is 12.9. The van der Waals surface area contributed by atoms with Gasteiger partial charge in [0, 0.05) is 28.9 Å². The summed E-state index contributed by atoms with van der Waals surface area (Å²) in [6, 6.07) is 5.34. The van der Waals surface area contributed by atoms with Gasteiger partial charge in [-0.05, 0) is 48.2 Å². The number of benzene rings is 2. The number of halogens is 10. The van der Waals surface area contributed by atoms with Gasteiger partial charge in [0.15, 0.2) is 0 Å². The van der Waals surface area contributed by atoms with Gasteiger partial charge >= 0.3 is 18.0 Å². The molecular formula is C21H15Cl3F7N3O2S. The van der Waals surface area contributed by atoms with Crippen LogP contribution in [0.4, 0.5) is 30.7 Å². The van der Waals surface area contributed by atoms with Gasteiger partial charge in [0.05, 0.1) is 16.2 Å². The molecule has 202 valence electrons. The van der Waals surface area contributed by atoms with Gasteiger partial charge in [-0.15, -0.1) is 0 Å². The van der Waals surface area contributed by atoms with Gasteiger partial charge in [-0.3, -0.25) is 0 Å². The molecule has 0 unspecified atom stereocenters. The van der Waals surface area contributed by atoms with Gasteiger partial charge in [0.2, 0.25) is 10.9 Å². The van der Waals surface area contributed by atoms with E-state index in [1.54, 1.807) is 18.2 Å².